The Morgan fingerprint density at radius 3 is 2.39 bits per heavy atom. The van der Waals surface area contributed by atoms with Gasteiger partial charge in [0.25, 0.3) is 0 Å². The van der Waals surface area contributed by atoms with E-state index in [4.69, 9.17) is 4.74 Å². The Kier molecular flexibility index (Phi) is 6.85. The highest BCUT2D eigenvalue weighted by Crippen LogP contribution is 2.24. The lowest BCUT2D eigenvalue weighted by molar-refractivity contribution is -0.121. The number of nitrogens with one attached hydrogen (secondary N) is 1. The highest BCUT2D eigenvalue weighted by molar-refractivity contribution is 7.92. The van der Waals surface area contributed by atoms with Crippen LogP contribution < -0.4 is 14.4 Å². The first kappa shape index (κ1) is 22.6. The number of anilines is 1. The van der Waals surface area contributed by atoms with E-state index >= 15 is 0 Å². The van der Waals surface area contributed by atoms with E-state index in [2.05, 4.69) is 5.32 Å². The van der Waals surface area contributed by atoms with Gasteiger partial charge in [-0.25, -0.2) is 8.42 Å². The summed E-state index contributed by atoms with van der Waals surface area (Å²) in [6.45, 7) is 5.99. The summed E-state index contributed by atoms with van der Waals surface area (Å²) in [5.41, 5.74) is 2.49. The quantitative estimate of drug-likeness (QED) is 0.541. The minimum atomic E-state index is -3.64. The molecule has 3 aromatic rings. The number of hydrogen-bond donors (Lipinski definition) is 1. The summed E-state index contributed by atoms with van der Waals surface area (Å²) in [5.74, 6) is 0.333. The zero-order chi connectivity index (χ0) is 22.6. The van der Waals surface area contributed by atoms with E-state index in [-0.39, 0.29) is 19.1 Å². The third-order valence-corrected chi connectivity index (χ3v) is 6.47. The first-order valence-electron chi connectivity index (χ1n) is 10.1. The average molecular weight is 441 g/mol. The first-order chi connectivity index (χ1) is 14.7. The van der Waals surface area contributed by atoms with Crippen molar-refractivity contribution in [3.8, 4) is 5.75 Å². The number of hydrogen-bond acceptors (Lipinski definition) is 4. The fourth-order valence-corrected chi connectivity index (χ4v) is 4.59. The number of ether oxygens (including phenoxy) is 1. The van der Waals surface area contributed by atoms with E-state index in [0.29, 0.717) is 11.4 Å². The van der Waals surface area contributed by atoms with Gasteiger partial charge in [0.2, 0.25) is 15.9 Å². The molecule has 0 radical (unpaired) electrons. The van der Waals surface area contributed by atoms with Gasteiger partial charge in [0, 0.05) is 0 Å². The standard InChI is InChI=1S/C24H28N2O4S/c1-17-9-11-22(15-18(17)2)26(31(4,28)29)19(3)24(27)25-13-14-30-23-12-10-20-7-5-6-8-21(20)16-23/h5-12,15-16,19H,13-14H2,1-4H3,(H,25,27)/t19-/m0/s1. The van der Waals surface area contributed by atoms with Gasteiger partial charge in [0.1, 0.15) is 18.4 Å². The maximum absolute atomic E-state index is 12.7. The van der Waals surface area contributed by atoms with Gasteiger partial charge in [-0.3, -0.25) is 9.10 Å². The Morgan fingerprint density at radius 1 is 1.00 bits per heavy atom. The monoisotopic (exact) mass is 440 g/mol. The smallest absolute Gasteiger partial charge is 0.243 e. The molecule has 7 heteroatoms. The van der Waals surface area contributed by atoms with E-state index in [1.54, 1.807) is 19.1 Å². The molecule has 0 aliphatic rings. The largest absolute Gasteiger partial charge is 0.492 e. The van der Waals surface area contributed by atoms with Crippen LogP contribution in [0.3, 0.4) is 0 Å². The Bertz CT molecular complexity index is 1190. The van der Waals surface area contributed by atoms with Crippen LogP contribution in [0.1, 0.15) is 18.1 Å². The highest BCUT2D eigenvalue weighted by atomic mass is 32.2. The number of sulfonamides is 1. The van der Waals surface area contributed by atoms with Crippen molar-refractivity contribution in [1.82, 2.24) is 5.32 Å². The van der Waals surface area contributed by atoms with Crippen LogP contribution in [-0.2, 0) is 14.8 Å². The number of rotatable bonds is 8. The number of carbonyl (C=O) groups excluding carboxylic acids is 1. The summed E-state index contributed by atoms with van der Waals surface area (Å²) in [6, 6.07) is 18.3. The number of benzene rings is 3. The summed E-state index contributed by atoms with van der Waals surface area (Å²) in [7, 11) is -3.64. The van der Waals surface area contributed by atoms with Crippen LogP contribution in [-0.4, -0.2) is 39.8 Å². The Hall–Kier alpha value is -3.06. The third-order valence-electron chi connectivity index (χ3n) is 5.22. The van der Waals surface area contributed by atoms with Gasteiger partial charge in [0.15, 0.2) is 0 Å². The van der Waals surface area contributed by atoms with Crippen molar-refractivity contribution in [3.05, 3.63) is 71.8 Å². The van der Waals surface area contributed by atoms with Gasteiger partial charge in [-0.2, -0.15) is 0 Å². The lowest BCUT2D eigenvalue weighted by atomic mass is 10.1. The molecule has 1 N–H and O–H groups in total. The molecule has 0 bridgehead atoms. The van der Waals surface area contributed by atoms with Crippen molar-refractivity contribution >= 4 is 32.4 Å². The molecule has 0 unspecified atom stereocenters. The van der Waals surface area contributed by atoms with Crippen molar-refractivity contribution in [2.24, 2.45) is 0 Å². The van der Waals surface area contributed by atoms with Crippen LogP contribution in [0, 0.1) is 13.8 Å². The number of nitrogens with zero attached hydrogens (tertiary/aromatic N) is 1. The van der Waals surface area contributed by atoms with Crippen LogP contribution in [0.15, 0.2) is 60.7 Å². The number of fused-ring (bicyclic) bond motifs is 1. The van der Waals surface area contributed by atoms with Crippen LogP contribution >= 0.6 is 0 Å². The molecule has 0 aromatic heterocycles. The fourth-order valence-electron chi connectivity index (χ4n) is 3.42. The van der Waals surface area contributed by atoms with E-state index in [1.807, 2.05) is 62.4 Å². The van der Waals surface area contributed by atoms with E-state index in [1.165, 1.54) is 0 Å². The molecule has 1 amide bonds. The molecule has 164 valence electrons. The molecule has 0 spiro atoms. The summed E-state index contributed by atoms with van der Waals surface area (Å²) < 4.78 is 31.7. The Labute approximate surface area is 183 Å². The zero-order valence-electron chi connectivity index (χ0n) is 18.3. The molecule has 0 heterocycles. The highest BCUT2D eigenvalue weighted by Gasteiger charge is 2.29. The summed E-state index contributed by atoms with van der Waals surface area (Å²) in [4.78, 5) is 12.7. The van der Waals surface area contributed by atoms with E-state index in [0.717, 1.165) is 32.5 Å². The van der Waals surface area contributed by atoms with Gasteiger partial charge in [-0.15, -0.1) is 0 Å². The van der Waals surface area contributed by atoms with Crippen LogP contribution in [0.25, 0.3) is 10.8 Å². The second-order valence-electron chi connectivity index (χ2n) is 7.65. The van der Waals surface area contributed by atoms with Gasteiger partial charge >= 0.3 is 0 Å². The fraction of sp³-hybridized carbons (Fsp3) is 0.292. The lowest BCUT2D eigenvalue weighted by Crippen LogP contribution is -2.48. The Morgan fingerprint density at radius 2 is 1.71 bits per heavy atom. The van der Waals surface area contributed by atoms with Gasteiger partial charge in [-0.05, 0) is 66.9 Å². The average Bonchev–Trinajstić information content (AvgIpc) is 2.72. The molecule has 31 heavy (non-hydrogen) atoms. The van der Waals surface area contributed by atoms with Gasteiger partial charge in [0.05, 0.1) is 18.5 Å². The maximum atomic E-state index is 12.7. The second kappa shape index (κ2) is 9.39. The number of aryl methyl sites for hydroxylation is 2. The van der Waals surface area contributed by atoms with Crippen molar-refractivity contribution in [2.45, 2.75) is 26.8 Å². The predicted octanol–water partition coefficient (Wildman–Crippen LogP) is 3.81. The molecule has 6 nitrogen and oxygen atoms in total. The van der Waals surface area contributed by atoms with Crippen LogP contribution in [0.2, 0.25) is 0 Å². The summed E-state index contributed by atoms with van der Waals surface area (Å²) in [6.07, 6.45) is 1.11. The van der Waals surface area contributed by atoms with Crippen molar-refractivity contribution < 1.29 is 17.9 Å². The second-order valence-corrected chi connectivity index (χ2v) is 9.51. The van der Waals surface area contributed by atoms with E-state index < -0.39 is 16.1 Å². The number of carbonyl (C=O) groups is 1. The van der Waals surface area contributed by atoms with Crippen LogP contribution in [0.5, 0.6) is 5.75 Å². The lowest BCUT2D eigenvalue weighted by Gasteiger charge is -2.28. The minimum Gasteiger partial charge on any atom is -0.492 e. The minimum absolute atomic E-state index is 0.264. The molecule has 0 aliphatic carbocycles. The first-order valence-corrected chi connectivity index (χ1v) is 12.0. The molecule has 0 aliphatic heterocycles. The SMILES string of the molecule is Cc1ccc(N([C@@H](C)C(=O)NCCOc2ccc3ccccc3c2)S(C)(=O)=O)cc1C. The molecule has 3 rings (SSSR count). The summed E-state index contributed by atoms with van der Waals surface area (Å²) in [5, 5.41) is 4.98. The maximum Gasteiger partial charge on any atom is 0.243 e. The summed E-state index contributed by atoms with van der Waals surface area (Å²) >= 11 is 0. The predicted molar refractivity (Wildman–Crippen MR) is 125 cm³/mol. The van der Waals surface area contributed by atoms with E-state index in [9.17, 15) is 13.2 Å². The molecule has 0 saturated carbocycles. The Balaban J connectivity index is 1.61. The normalized spacial score (nSPS) is 12.4. The molecule has 0 fully saturated rings. The topological polar surface area (TPSA) is 75.7 Å². The zero-order valence-corrected chi connectivity index (χ0v) is 19.1. The van der Waals surface area contributed by atoms with Gasteiger partial charge in [-0.1, -0.05) is 36.4 Å². The van der Waals surface area contributed by atoms with Crippen molar-refractivity contribution in [3.63, 3.8) is 0 Å². The van der Waals surface area contributed by atoms with Crippen LogP contribution in [0.4, 0.5) is 5.69 Å². The van der Waals surface area contributed by atoms with Crippen molar-refractivity contribution in [1.29, 1.82) is 0 Å². The molecule has 1 atom stereocenters. The number of amides is 1. The van der Waals surface area contributed by atoms with Gasteiger partial charge < -0.3 is 10.1 Å². The molecular formula is C24H28N2O4S. The molecule has 3 aromatic carbocycles. The third kappa shape index (κ3) is 5.55. The molecule has 0 saturated heterocycles. The molecular weight excluding hydrogens is 412 g/mol. The van der Waals surface area contributed by atoms with Crippen molar-refractivity contribution in [2.75, 3.05) is 23.7 Å².